The van der Waals surface area contributed by atoms with E-state index in [1.165, 1.54) is 6.92 Å². The first-order valence-corrected chi connectivity index (χ1v) is 9.09. The third kappa shape index (κ3) is 6.51. The summed E-state index contributed by atoms with van der Waals surface area (Å²) in [5, 5.41) is 8.39. The first-order chi connectivity index (χ1) is 13.2. The zero-order chi connectivity index (χ0) is 20.7. The molecule has 2 rings (SSSR count). The van der Waals surface area contributed by atoms with Crippen molar-refractivity contribution < 1.29 is 19.3 Å². The first kappa shape index (κ1) is 21.1. The number of para-hydroxylation sites is 1. The molecule has 0 bridgehead atoms. The van der Waals surface area contributed by atoms with Gasteiger partial charge in [0.05, 0.1) is 7.05 Å². The molecule has 4 N–H and O–H groups in total. The summed E-state index contributed by atoms with van der Waals surface area (Å²) in [6, 6.07) is 12.7. The smallest absolute Gasteiger partial charge is 0.279 e. The van der Waals surface area contributed by atoms with Gasteiger partial charge in [0.25, 0.3) is 11.8 Å². The Labute approximate surface area is 165 Å². The van der Waals surface area contributed by atoms with Gasteiger partial charge in [0.15, 0.2) is 13.1 Å². The molecule has 0 spiro atoms. The number of likely N-dealkylation sites (N-methyl/N-ethyl adjacent to an activating group) is 1. The van der Waals surface area contributed by atoms with Crippen LogP contribution in [0, 0.1) is 13.8 Å². The lowest BCUT2D eigenvalue weighted by Gasteiger charge is -2.15. The van der Waals surface area contributed by atoms with Gasteiger partial charge < -0.3 is 20.9 Å². The number of carbonyl (C=O) groups is 3. The number of aryl methyl sites for hydroxylation is 2. The predicted octanol–water partition coefficient (Wildman–Crippen LogP) is 1.35. The molecule has 2 aromatic rings. The summed E-state index contributed by atoms with van der Waals surface area (Å²) in [4.78, 5) is 36.3. The van der Waals surface area contributed by atoms with Gasteiger partial charge in [-0.2, -0.15) is 0 Å². The van der Waals surface area contributed by atoms with E-state index in [1.54, 1.807) is 31.3 Å². The van der Waals surface area contributed by atoms with E-state index in [4.69, 9.17) is 0 Å². The molecular weight excluding hydrogens is 356 g/mol. The third-order valence-corrected chi connectivity index (χ3v) is 4.16. The minimum absolute atomic E-state index is 0.137. The van der Waals surface area contributed by atoms with Gasteiger partial charge in [-0.05, 0) is 49.2 Å². The number of hydrogen-bond donors (Lipinski definition) is 4. The summed E-state index contributed by atoms with van der Waals surface area (Å²) < 4.78 is 0. The Kier molecular flexibility index (Phi) is 7.28. The van der Waals surface area contributed by atoms with Crippen LogP contribution in [-0.2, 0) is 14.4 Å². The number of benzene rings is 2. The zero-order valence-corrected chi connectivity index (χ0v) is 16.7. The molecule has 7 nitrogen and oxygen atoms in total. The van der Waals surface area contributed by atoms with E-state index in [-0.39, 0.29) is 30.8 Å². The van der Waals surface area contributed by atoms with Crippen molar-refractivity contribution in [2.75, 3.05) is 36.1 Å². The molecule has 0 aliphatic rings. The Balaban J connectivity index is 1.83. The molecule has 0 saturated heterocycles. The quantitative estimate of drug-likeness (QED) is 0.582. The molecule has 148 valence electrons. The zero-order valence-electron chi connectivity index (χ0n) is 16.7. The van der Waals surface area contributed by atoms with E-state index < -0.39 is 0 Å². The van der Waals surface area contributed by atoms with Gasteiger partial charge in [-0.1, -0.05) is 18.2 Å². The first-order valence-electron chi connectivity index (χ1n) is 9.09. The maximum Gasteiger partial charge on any atom is 0.279 e. The molecule has 28 heavy (non-hydrogen) atoms. The van der Waals surface area contributed by atoms with Crippen LogP contribution in [-0.4, -0.2) is 37.9 Å². The van der Waals surface area contributed by atoms with Crippen LogP contribution in [0.2, 0.25) is 0 Å². The van der Waals surface area contributed by atoms with Crippen molar-refractivity contribution >= 4 is 34.8 Å². The van der Waals surface area contributed by atoms with Gasteiger partial charge in [-0.3, -0.25) is 14.4 Å². The fourth-order valence-corrected chi connectivity index (χ4v) is 2.85. The molecule has 0 aliphatic heterocycles. The number of quaternary nitrogens is 1. The van der Waals surface area contributed by atoms with Crippen molar-refractivity contribution in [3.05, 3.63) is 53.6 Å². The van der Waals surface area contributed by atoms with Gasteiger partial charge in [-0.15, -0.1) is 0 Å². The highest BCUT2D eigenvalue weighted by molar-refractivity contribution is 5.94. The normalized spacial score (nSPS) is 11.4. The topological polar surface area (TPSA) is 91.7 Å². The van der Waals surface area contributed by atoms with Crippen molar-refractivity contribution in [1.29, 1.82) is 0 Å². The molecule has 0 radical (unpaired) electrons. The third-order valence-electron chi connectivity index (χ3n) is 4.16. The number of hydrogen-bond acceptors (Lipinski definition) is 3. The lowest BCUT2D eigenvalue weighted by molar-refractivity contribution is -0.862. The molecule has 0 heterocycles. The van der Waals surface area contributed by atoms with Crippen molar-refractivity contribution in [1.82, 2.24) is 0 Å². The highest BCUT2D eigenvalue weighted by atomic mass is 16.2. The number of nitrogens with one attached hydrogen (secondary N) is 4. The van der Waals surface area contributed by atoms with E-state index in [0.29, 0.717) is 11.4 Å². The van der Waals surface area contributed by atoms with Crippen LogP contribution in [0.15, 0.2) is 42.5 Å². The number of rotatable bonds is 7. The molecule has 7 heteroatoms. The minimum Gasteiger partial charge on any atom is -0.326 e. The molecule has 1 atom stereocenters. The van der Waals surface area contributed by atoms with Crippen LogP contribution >= 0.6 is 0 Å². The summed E-state index contributed by atoms with van der Waals surface area (Å²) >= 11 is 0. The highest BCUT2D eigenvalue weighted by Gasteiger charge is 2.15. The summed E-state index contributed by atoms with van der Waals surface area (Å²) in [6.45, 7) is 5.68. The second-order valence-electron chi connectivity index (χ2n) is 6.93. The van der Waals surface area contributed by atoms with Gasteiger partial charge in [-0.25, -0.2) is 0 Å². The second-order valence-corrected chi connectivity index (χ2v) is 6.93. The summed E-state index contributed by atoms with van der Waals surface area (Å²) in [5.41, 5.74) is 4.13. The van der Waals surface area contributed by atoms with Crippen LogP contribution in [0.5, 0.6) is 0 Å². The van der Waals surface area contributed by atoms with Crippen LogP contribution in [0.25, 0.3) is 0 Å². The molecule has 0 aromatic heterocycles. The molecule has 2 aromatic carbocycles. The Morgan fingerprint density at radius 1 is 0.786 bits per heavy atom. The Morgan fingerprint density at radius 3 is 1.75 bits per heavy atom. The van der Waals surface area contributed by atoms with Crippen molar-refractivity contribution in [2.45, 2.75) is 20.8 Å². The fraction of sp³-hybridized carbons (Fsp3) is 0.286. The van der Waals surface area contributed by atoms with Gasteiger partial charge in [0.1, 0.15) is 0 Å². The molecule has 0 aliphatic carbocycles. The number of anilines is 3. The van der Waals surface area contributed by atoms with Crippen molar-refractivity contribution in [3.8, 4) is 0 Å². The lowest BCUT2D eigenvalue weighted by atomic mass is 10.1. The fourth-order valence-electron chi connectivity index (χ4n) is 2.85. The van der Waals surface area contributed by atoms with Crippen molar-refractivity contribution in [3.63, 3.8) is 0 Å². The molecular formula is C21H27N4O3+. The summed E-state index contributed by atoms with van der Waals surface area (Å²) in [5.74, 6) is -0.479. The standard InChI is InChI=1S/C21H26N4O3/c1-14-6-5-7-15(2)21(14)24-20(28)13-25(4)12-19(27)23-18-10-8-17(9-11-18)22-16(3)26/h5-11H,12-13H2,1-4H3,(H,22,26)(H,23,27)(H,24,28)/p+1. The summed E-state index contributed by atoms with van der Waals surface area (Å²) in [6.07, 6.45) is 0. The number of carbonyl (C=O) groups excluding carboxylic acids is 3. The van der Waals surface area contributed by atoms with E-state index in [0.717, 1.165) is 21.7 Å². The van der Waals surface area contributed by atoms with Crippen LogP contribution in [0.4, 0.5) is 17.1 Å². The van der Waals surface area contributed by atoms with E-state index in [9.17, 15) is 14.4 Å². The van der Waals surface area contributed by atoms with Crippen LogP contribution in [0.1, 0.15) is 18.1 Å². The van der Waals surface area contributed by atoms with E-state index in [1.807, 2.05) is 32.0 Å². The van der Waals surface area contributed by atoms with Gasteiger partial charge >= 0.3 is 0 Å². The van der Waals surface area contributed by atoms with Crippen molar-refractivity contribution in [2.24, 2.45) is 0 Å². The predicted molar refractivity (Wildman–Crippen MR) is 111 cm³/mol. The Hall–Kier alpha value is -3.19. The molecule has 0 fully saturated rings. The largest absolute Gasteiger partial charge is 0.326 e. The van der Waals surface area contributed by atoms with E-state index in [2.05, 4.69) is 16.0 Å². The monoisotopic (exact) mass is 383 g/mol. The van der Waals surface area contributed by atoms with E-state index >= 15 is 0 Å². The lowest BCUT2D eigenvalue weighted by Crippen LogP contribution is -3.11. The Bertz CT molecular complexity index is 842. The molecule has 1 unspecified atom stereocenters. The average molecular weight is 383 g/mol. The van der Waals surface area contributed by atoms with Gasteiger partial charge in [0.2, 0.25) is 5.91 Å². The van der Waals surface area contributed by atoms with Gasteiger partial charge in [0, 0.05) is 24.0 Å². The minimum atomic E-state index is -0.190. The second kappa shape index (κ2) is 9.66. The number of amides is 3. The maximum atomic E-state index is 12.3. The SMILES string of the molecule is CC(=O)Nc1ccc(NC(=O)C[NH+](C)CC(=O)Nc2c(C)cccc2C)cc1. The summed E-state index contributed by atoms with van der Waals surface area (Å²) in [7, 11) is 1.80. The maximum absolute atomic E-state index is 12.3. The molecule has 0 saturated carbocycles. The van der Waals surface area contributed by atoms with Crippen LogP contribution in [0.3, 0.4) is 0 Å². The average Bonchev–Trinajstić information content (AvgIpc) is 2.59. The van der Waals surface area contributed by atoms with Crippen LogP contribution < -0.4 is 20.9 Å². The molecule has 3 amide bonds. The highest BCUT2D eigenvalue weighted by Crippen LogP contribution is 2.18. The Morgan fingerprint density at radius 2 is 1.25 bits per heavy atom.